The van der Waals surface area contributed by atoms with Gasteiger partial charge in [-0.25, -0.2) is 12.7 Å². The maximum Gasteiger partial charge on any atom is 0.259 e. The van der Waals surface area contributed by atoms with Crippen LogP contribution in [0, 0.1) is 13.8 Å². The van der Waals surface area contributed by atoms with Crippen molar-refractivity contribution in [3.8, 4) is 5.75 Å². The zero-order valence-corrected chi connectivity index (χ0v) is 17.8. The number of sulfonamides is 1. The number of aromatic nitrogens is 1. The van der Waals surface area contributed by atoms with E-state index in [0.29, 0.717) is 5.69 Å². The van der Waals surface area contributed by atoms with Gasteiger partial charge in [0.05, 0.1) is 28.8 Å². The van der Waals surface area contributed by atoms with Crippen LogP contribution in [0.3, 0.4) is 0 Å². The van der Waals surface area contributed by atoms with Crippen LogP contribution in [0.2, 0.25) is 0 Å². The Balaban J connectivity index is 2.07. The molecule has 0 atom stereocenters. The highest BCUT2D eigenvalue weighted by Crippen LogP contribution is 2.28. The summed E-state index contributed by atoms with van der Waals surface area (Å²) < 4.78 is 31.3. The summed E-state index contributed by atoms with van der Waals surface area (Å²) in [6.45, 7) is 3.94. The summed E-state index contributed by atoms with van der Waals surface area (Å²) in [4.78, 5) is 17.5. The lowest BCUT2D eigenvalue weighted by Crippen LogP contribution is -2.23. The number of aryl methyl sites for hydroxylation is 2. The second-order valence-corrected chi connectivity index (χ2v) is 9.09. The number of carbonyl (C=O) groups is 1. The van der Waals surface area contributed by atoms with Crippen LogP contribution in [0.4, 0.5) is 5.69 Å². The third-order valence-corrected chi connectivity index (χ3v) is 6.43. The van der Waals surface area contributed by atoms with Crippen molar-refractivity contribution in [2.45, 2.75) is 18.7 Å². The number of hydrogen-bond donors (Lipinski definition) is 1. The van der Waals surface area contributed by atoms with Gasteiger partial charge in [-0.2, -0.15) is 0 Å². The van der Waals surface area contributed by atoms with E-state index in [1.54, 1.807) is 12.3 Å². The van der Waals surface area contributed by atoms with Crippen LogP contribution in [0.1, 0.15) is 21.5 Å². The van der Waals surface area contributed by atoms with Gasteiger partial charge in [0.2, 0.25) is 10.0 Å². The highest BCUT2D eigenvalue weighted by atomic mass is 32.2. The highest BCUT2D eigenvalue weighted by Gasteiger charge is 2.22. The molecule has 1 aromatic heterocycles. The maximum absolute atomic E-state index is 13.0. The molecule has 152 valence electrons. The topological polar surface area (TPSA) is 88.6 Å². The van der Waals surface area contributed by atoms with Gasteiger partial charge < -0.3 is 10.1 Å². The van der Waals surface area contributed by atoms with Crippen molar-refractivity contribution in [1.29, 1.82) is 0 Å². The lowest BCUT2D eigenvalue weighted by atomic mass is 10.1. The molecule has 3 aromatic rings. The number of fused-ring (bicyclic) bond motifs is 1. The number of benzene rings is 2. The second-order valence-electron chi connectivity index (χ2n) is 6.94. The first-order chi connectivity index (χ1) is 13.6. The molecule has 0 saturated carbocycles. The Morgan fingerprint density at radius 1 is 1.10 bits per heavy atom. The molecular weight excluding hydrogens is 390 g/mol. The molecule has 0 aliphatic heterocycles. The molecule has 0 bridgehead atoms. The number of pyridine rings is 1. The number of nitrogens with zero attached hydrogens (tertiary/aromatic N) is 2. The zero-order valence-electron chi connectivity index (χ0n) is 17.0. The fourth-order valence-corrected chi connectivity index (χ4v) is 4.08. The van der Waals surface area contributed by atoms with E-state index >= 15 is 0 Å². The number of anilines is 1. The number of hydrogen-bond acceptors (Lipinski definition) is 5. The summed E-state index contributed by atoms with van der Waals surface area (Å²) in [5, 5.41) is 3.69. The average molecular weight is 413 g/mol. The third kappa shape index (κ3) is 3.94. The Hall–Kier alpha value is -2.97. The van der Waals surface area contributed by atoms with Gasteiger partial charge in [0.25, 0.3) is 5.91 Å². The Labute approximate surface area is 170 Å². The number of nitrogens with one attached hydrogen (secondary N) is 1. The van der Waals surface area contributed by atoms with Gasteiger partial charge in [-0.15, -0.1) is 0 Å². The molecule has 1 heterocycles. The van der Waals surface area contributed by atoms with E-state index in [4.69, 9.17) is 4.74 Å². The quantitative estimate of drug-likeness (QED) is 0.693. The number of amides is 1. The van der Waals surface area contributed by atoms with Crippen LogP contribution >= 0.6 is 0 Å². The molecule has 1 N–H and O–H groups in total. The van der Waals surface area contributed by atoms with E-state index < -0.39 is 15.9 Å². The summed E-state index contributed by atoms with van der Waals surface area (Å²) >= 11 is 0. The smallest absolute Gasteiger partial charge is 0.259 e. The summed E-state index contributed by atoms with van der Waals surface area (Å²) in [6, 6.07) is 9.91. The second kappa shape index (κ2) is 7.81. The molecule has 0 spiro atoms. The molecule has 8 heteroatoms. The van der Waals surface area contributed by atoms with E-state index in [1.807, 2.05) is 26.0 Å². The van der Waals surface area contributed by atoms with Crippen molar-refractivity contribution < 1.29 is 17.9 Å². The van der Waals surface area contributed by atoms with Gasteiger partial charge >= 0.3 is 0 Å². The SMILES string of the molecule is COc1ccc(S(=O)(=O)N(C)C)cc1C(=O)Nc1ccnc2c(C)cc(C)cc12. The lowest BCUT2D eigenvalue weighted by Gasteiger charge is -2.15. The molecule has 29 heavy (non-hydrogen) atoms. The molecule has 7 nitrogen and oxygen atoms in total. The fourth-order valence-electron chi connectivity index (χ4n) is 3.15. The minimum absolute atomic E-state index is 0.0136. The molecule has 0 unspecified atom stereocenters. The largest absolute Gasteiger partial charge is 0.496 e. The Kier molecular flexibility index (Phi) is 5.59. The fraction of sp³-hybridized carbons (Fsp3) is 0.238. The molecule has 0 aliphatic rings. The summed E-state index contributed by atoms with van der Waals surface area (Å²) in [7, 11) is 0.618. The van der Waals surface area contributed by atoms with E-state index in [9.17, 15) is 13.2 Å². The minimum Gasteiger partial charge on any atom is -0.496 e. The van der Waals surface area contributed by atoms with E-state index in [-0.39, 0.29) is 16.2 Å². The average Bonchev–Trinajstić information content (AvgIpc) is 2.67. The van der Waals surface area contributed by atoms with E-state index in [1.165, 1.54) is 39.4 Å². The minimum atomic E-state index is -3.69. The van der Waals surface area contributed by atoms with Gasteiger partial charge in [0, 0.05) is 25.7 Å². The van der Waals surface area contributed by atoms with Gasteiger partial charge in [-0.3, -0.25) is 9.78 Å². The maximum atomic E-state index is 13.0. The summed E-state index contributed by atoms with van der Waals surface area (Å²) in [6.07, 6.45) is 1.63. The predicted molar refractivity (Wildman–Crippen MR) is 113 cm³/mol. The molecule has 0 radical (unpaired) electrons. The van der Waals surface area contributed by atoms with Crippen LogP contribution in [0.25, 0.3) is 10.9 Å². The van der Waals surface area contributed by atoms with Gasteiger partial charge in [-0.1, -0.05) is 11.6 Å². The first-order valence-electron chi connectivity index (χ1n) is 8.93. The molecule has 3 rings (SSSR count). The van der Waals surface area contributed by atoms with Crippen molar-refractivity contribution in [1.82, 2.24) is 9.29 Å². The van der Waals surface area contributed by atoms with E-state index in [0.717, 1.165) is 26.3 Å². The van der Waals surface area contributed by atoms with Crippen molar-refractivity contribution in [3.05, 3.63) is 59.3 Å². The lowest BCUT2D eigenvalue weighted by molar-refractivity contribution is 0.102. The van der Waals surface area contributed by atoms with Crippen LogP contribution in [0.5, 0.6) is 5.75 Å². The molecule has 0 aliphatic carbocycles. The first kappa shape index (κ1) is 20.8. The van der Waals surface area contributed by atoms with E-state index in [2.05, 4.69) is 10.3 Å². The van der Waals surface area contributed by atoms with Crippen molar-refractivity contribution in [2.75, 3.05) is 26.5 Å². The van der Waals surface area contributed by atoms with Crippen LogP contribution in [0.15, 0.2) is 47.5 Å². The Bertz CT molecular complexity index is 1200. The number of methoxy groups -OCH3 is 1. The Morgan fingerprint density at radius 3 is 2.48 bits per heavy atom. The highest BCUT2D eigenvalue weighted by molar-refractivity contribution is 7.89. The standard InChI is InChI=1S/C21H23N3O4S/c1-13-10-14(2)20-16(11-13)18(8-9-22-20)23-21(25)17-12-15(6-7-19(17)28-5)29(26,27)24(3)4/h6-12H,1-5H3,(H,22,23,25). The number of ether oxygens (including phenoxy) is 1. The first-order valence-corrected chi connectivity index (χ1v) is 10.4. The van der Waals surface area contributed by atoms with Crippen molar-refractivity contribution >= 4 is 32.5 Å². The normalized spacial score (nSPS) is 11.7. The Morgan fingerprint density at radius 2 is 1.83 bits per heavy atom. The van der Waals surface area contributed by atoms with Gasteiger partial charge in [0.15, 0.2) is 0 Å². The summed E-state index contributed by atoms with van der Waals surface area (Å²) in [5.41, 5.74) is 3.58. The van der Waals surface area contributed by atoms with Crippen LogP contribution in [-0.4, -0.2) is 44.8 Å². The van der Waals surface area contributed by atoms with Gasteiger partial charge in [-0.05, 0) is 49.7 Å². The molecule has 2 aromatic carbocycles. The third-order valence-electron chi connectivity index (χ3n) is 4.62. The zero-order chi connectivity index (χ0) is 21.3. The number of carbonyl (C=O) groups excluding carboxylic acids is 1. The van der Waals surface area contributed by atoms with Crippen LogP contribution in [-0.2, 0) is 10.0 Å². The molecule has 1 amide bonds. The van der Waals surface area contributed by atoms with Crippen molar-refractivity contribution in [2.24, 2.45) is 0 Å². The van der Waals surface area contributed by atoms with Gasteiger partial charge in [0.1, 0.15) is 5.75 Å². The molecule has 0 saturated heterocycles. The molecule has 0 fully saturated rings. The summed E-state index contributed by atoms with van der Waals surface area (Å²) in [5.74, 6) is -0.185. The number of rotatable bonds is 5. The predicted octanol–water partition coefficient (Wildman–Crippen LogP) is 3.36. The van der Waals surface area contributed by atoms with Crippen molar-refractivity contribution in [3.63, 3.8) is 0 Å². The van der Waals surface area contributed by atoms with Crippen LogP contribution < -0.4 is 10.1 Å². The molecular formula is C21H23N3O4S. The monoisotopic (exact) mass is 413 g/mol.